The Morgan fingerprint density at radius 2 is 2.17 bits per heavy atom. The van der Waals surface area contributed by atoms with Crippen molar-refractivity contribution >= 4 is 29.0 Å². The van der Waals surface area contributed by atoms with E-state index in [9.17, 15) is 13.6 Å². The average Bonchev–Trinajstić information content (AvgIpc) is 2.40. The number of carbonyl (C=O) groups excluding carboxylic acids is 1. The number of ether oxygens (including phenoxy) is 1. The minimum Gasteiger partial charge on any atom is -0.444 e. The lowest BCUT2D eigenvalue weighted by molar-refractivity contribution is 0.0636. The van der Waals surface area contributed by atoms with Gasteiger partial charge in [-0.25, -0.2) is 9.18 Å². The maximum absolute atomic E-state index is 14.4. The van der Waals surface area contributed by atoms with Crippen molar-refractivity contribution in [1.82, 2.24) is 10.3 Å². The molecule has 5 nitrogen and oxygen atoms in total. The number of hydrogen-bond acceptors (Lipinski definition) is 4. The number of hydrogen-bond donors (Lipinski definition) is 2. The first kappa shape index (κ1) is 17.2. The van der Waals surface area contributed by atoms with E-state index < -0.39 is 22.8 Å². The van der Waals surface area contributed by atoms with E-state index in [1.807, 2.05) is 0 Å². The van der Waals surface area contributed by atoms with Crippen molar-refractivity contribution in [3.05, 3.63) is 42.1 Å². The predicted octanol–water partition coefficient (Wildman–Crippen LogP) is 4.09. The van der Waals surface area contributed by atoms with Gasteiger partial charge >= 0.3 is 6.09 Å². The fourth-order valence-electron chi connectivity index (χ4n) is 1.90. The topological polar surface area (TPSA) is 63.2 Å². The van der Waals surface area contributed by atoms with Crippen LogP contribution in [0, 0.1) is 0 Å². The number of halogens is 3. The molecule has 1 amide bonds. The van der Waals surface area contributed by atoms with Crippen LogP contribution in [0.2, 0.25) is 0 Å². The summed E-state index contributed by atoms with van der Waals surface area (Å²) in [4.78, 5) is 15.7. The Morgan fingerprint density at radius 1 is 1.48 bits per heavy atom. The molecule has 0 fully saturated rings. The van der Waals surface area contributed by atoms with Gasteiger partial charge in [-0.15, -0.1) is 0 Å². The van der Waals surface area contributed by atoms with Crippen LogP contribution in [-0.4, -0.2) is 21.9 Å². The van der Waals surface area contributed by atoms with Crippen LogP contribution in [0.5, 0.6) is 0 Å². The lowest BCUT2D eigenvalue weighted by Gasteiger charge is -2.26. The van der Waals surface area contributed by atoms with Crippen LogP contribution in [0.3, 0.4) is 0 Å². The Balaban J connectivity index is 2.35. The van der Waals surface area contributed by atoms with Gasteiger partial charge in [0.2, 0.25) is 0 Å². The van der Waals surface area contributed by atoms with Crippen molar-refractivity contribution in [2.24, 2.45) is 0 Å². The summed E-state index contributed by atoms with van der Waals surface area (Å²) in [5.41, 5.74) is -0.567. The minimum atomic E-state index is -2.51. The molecule has 0 aliphatic carbocycles. The van der Waals surface area contributed by atoms with Crippen molar-refractivity contribution in [3.8, 4) is 0 Å². The van der Waals surface area contributed by atoms with Gasteiger partial charge in [-0.3, -0.25) is 10.3 Å². The second-order valence-electron chi connectivity index (χ2n) is 5.85. The number of pyridine rings is 1. The van der Waals surface area contributed by atoms with Gasteiger partial charge in [0, 0.05) is 23.5 Å². The zero-order valence-electron chi connectivity index (χ0n) is 12.8. The molecule has 1 aliphatic heterocycles. The zero-order valence-corrected chi connectivity index (χ0v) is 13.5. The molecule has 1 unspecified atom stereocenters. The van der Waals surface area contributed by atoms with Crippen molar-refractivity contribution in [1.29, 1.82) is 0 Å². The number of rotatable bonds is 2. The minimum absolute atomic E-state index is 0.146. The molecular formula is C15H16ClF2N3O2. The quantitative estimate of drug-likeness (QED) is 0.627. The van der Waals surface area contributed by atoms with Gasteiger partial charge in [0.15, 0.2) is 0 Å². The van der Waals surface area contributed by atoms with E-state index in [0.29, 0.717) is 0 Å². The molecule has 8 heteroatoms. The van der Waals surface area contributed by atoms with Crippen LogP contribution in [-0.2, 0) is 4.74 Å². The molecule has 1 aliphatic rings. The zero-order chi connectivity index (χ0) is 17.3. The molecule has 0 aromatic carbocycles. The lowest BCUT2D eigenvalue weighted by Crippen LogP contribution is -2.35. The van der Waals surface area contributed by atoms with Crippen LogP contribution >= 0.6 is 11.6 Å². The largest absolute Gasteiger partial charge is 0.444 e. The number of nitrogens with one attached hydrogen (secondary N) is 2. The first-order valence-corrected chi connectivity index (χ1v) is 7.14. The number of carbonyl (C=O) groups is 1. The van der Waals surface area contributed by atoms with Gasteiger partial charge in [0.25, 0.3) is 5.25 Å². The second-order valence-corrected chi connectivity index (χ2v) is 6.37. The summed E-state index contributed by atoms with van der Waals surface area (Å²) >= 11 is 5.73. The van der Waals surface area contributed by atoms with Gasteiger partial charge in [-0.05, 0) is 32.9 Å². The number of anilines is 1. The molecule has 2 rings (SSSR count). The molecule has 0 bridgehead atoms. The third-order valence-electron chi connectivity index (χ3n) is 2.76. The summed E-state index contributed by atoms with van der Waals surface area (Å²) in [5.74, 6) is -0.700. The highest BCUT2D eigenvalue weighted by Gasteiger charge is 2.36. The van der Waals surface area contributed by atoms with E-state index in [1.165, 1.54) is 18.5 Å². The molecule has 23 heavy (non-hydrogen) atoms. The maximum Gasteiger partial charge on any atom is 0.412 e. The third kappa shape index (κ3) is 4.41. The van der Waals surface area contributed by atoms with E-state index in [0.717, 1.165) is 12.3 Å². The Morgan fingerprint density at radius 3 is 2.83 bits per heavy atom. The highest BCUT2D eigenvalue weighted by Crippen LogP contribution is 2.39. The summed E-state index contributed by atoms with van der Waals surface area (Å²) in [6, 6.07) is 1.41. The molecular weight excluding hydrogens is 328 g/mol. The second kappa shape index (κ2) is 6.16. The first-order valence-electron chi connectivity index (χ1n) is 6.76. The summed E-state index contributed by atoms with van der Waals surface area (Å²) in [5, 5.41) is 2.05. The molecule has 1 atom stereocenters. The van der Waals surface area contributed by atoms with Crippen molar-refractivity contribution in [2.45, 2.75) is 31.6 Å². The summed E-state index contributed by atoms with van der Waals surface area (Å²) in [6.07, 6.45) is 3.69. The molecule has 2 N–H and O–H groups in total. The SMILES string of the molecule is CC(C)(C)OC(=O)Nc1cnccc1C1=CC(F)=CNC1(F)Cl. The van der Waals surface area contributed by atoms with E-state index in [4.69, 9.17) is 16.3 Å². The standard InChI is InChI=1S/C15H16ClF2N3O2/c1-14(2,3)23-13(22)21-12-8-19-5-4-10(12)11-6-9(17)7-20-15(11,16)18/h4-8,20H,1-3H3,(H,21,22). The van der Waals surface area contributed by atoms with Gasteiger partial charge < -0.3 is 10.1 Å². The van der Waals surface area contributed by atoms with Crippen molar-refractivity contribution in [3.63, 3.8) is 0 Å². The van der Waals surface area contributed by atoms with Crippen LogP contribution in [0.1, 0.15) is 26.3 Å². The van der Waals surface area contributed by atoms with Crippen molar-refractivity contribution < 1.29 is 18.3 Å². The Kier molecular flexibility index (Phi) is 4.61. The normalized spacial score (nSPS) is 21.0. The fourth-order valence-corrected chi connectivity index (χ4v) is 2.11. The number of dihydropyridines is 1. The Hall–Kier alpha value is -2.15. The van der Waals surface area contributed by atoms with E-state index >= 15 is 0 Å². The van der Waals surface area contributed by atoms with Gasteiger partial charge in [0.1, 0.15) is 11.4 Å². The Bertz CT molecular complexity index is 682. The molecule has 124 valence electrons. The average molecular weight is 344 g/mol. The fraction of sp³-hybridized carbons (Fsp3) is 0.333. The van der Waals surface area contributed by atoms with E-state index in [2.05, 4.69) is 15.6 Å². The smallest absolute Gasteiger partial charge is 0.412 e. The number of amides is 1. The van der Waals surface area contributed by atoms with Crippen LogP contribution < -0.4 is 10.6 Å². The number of nitrogens with zero attached hydrogens (tertiary/aromatic N) is 1. The first-order chi connectivity index (χ1) is 10.6. The molecule has 0 saturated heterocycles. The van der Waals surface area contributed by atoms with Crippen molar-refractivity contribution in [2.75, 3.05) is 5.32 Å². The number of allylic oxidation sites excluding steroid dienone is 2. The molecule has 1 aromatic heterocycles. The molecule has 0 spiro atoms. The lowest BCUT2D eigenvalue weighted by atomic mass is 10.0. The highest BCUT2D eigenvalue weighted by atomic mass is 35.5. The van der Waals surface area contributed by atoms with Crippen LogP contribution in [0.25, 0.3) is 5.57 Å². The Labute approximate surface area is 137 Å². The number of alkyl halides is 2. The van der Waals surface area contributed by atoms with Gasteiger partial charge in [-0.1, -0.05) is 11.6 Å². The summed E-state index contributed by atoms with van der Waals surface area (Å²) in [6.45, 7) is 5.11. The van der Waals surface area contributed by atoms with Gasteiger partial charge in [-0.2, -0.15) is 4.39 Å². The highest BCUT2D eigenvalue weighted by molar-refractivity contribution is 6.29. The molecule has 0 radical (unpaired) electrons. The van der Waals surface area contributed by atoms with E-state index in [1.54, 1.807) is 20.8 Å². The summed E-state index contributed by atoms with van der Waals surface area (Å²) in [7, 11) is 0. The molecule has 1 aromatic rings. The predicted molar refractivity (Wildman–Crippen MR) is 84.1 cm³/mol. The number of aromatic nitrogens is 1. The summed E-state index contributed by atoms with van der Waals surface area (Å²) < 4.78 is 33.0. The third-order valence-corrected chi connectivity index (χ3v) is 3.07. The van der Waals surface area contributed by atoms with Crippen LogP contribution in [0.15, 0.2) is 36.6 Å². The van der Waals surface area contributed by atoms with Gasteiger partial charge in [0.05, 0.1) is 11.9 Å². The monoisotopic (exact) mass is 343 g/mol. The molecule has 2 heterocycles. The molecule has 0 saturated carbocycles. The van der Waals surface area contributed by atoms with Crippen LogP contribution in [0.4, 0.5) is 19.3 Å². The maximum atomic E-state index is 14.4. The van der Waals surface area contributed by atoms with E-state index in [-0.39, 0.29) is 16.8 Å².